The largest absolute Gasteiger partial charge is 0.466 e. The first-order valence-electron chi connectivity index (χ1n) is 6.86. The molecule has 2 nitrogen and oxygen atoms in total. The van der Waals surface area contributed by atoms with Crippen molar-refractivity contribution in [3.05, 3.63) is 0 Å². The Morgan fingerprint density at radius 1 is 1.25 bits per heavy atom. The van der Waals surface area contributed by atoms with Crippen LogP contribution >= 0.6 is 0 Å². The normalized spacial score (nSPS) is 38.1. The molecule has 0 aromatic heterocycles. The van der Waals surface area contributed by atoms with Crippen molar-refractivity contribution in [2.45, 2.75) is 52.4 Å². The lowest BCUT2D eigenvalue weighted by Crippen LogP contribution is -2.23. The average molecular weight is 224 g/mol. The van der Waals surface area contributed by atoms with Gasteiger partial charge in [0.25, 0.3) is 0 Å². The second-order valence-electron chi connectivity index (χ2n) is 5.67. The third-order valence-electron chi connectivity index (χ3n) is 4.64. The highest BCUT2D eigenvalue weighted by atomic mass is 16.5. The van der Waals surface area contributed by atoms with Gasteiger partial charge >= 0.3 is 5.97 Å². The molecule has 0 saturated heterocycles. The van der Waals surface area contributed by atoms with Crippen molar-refractivity contribution < 1.29 is 9.53 Å². The van der Waals surface area contributed by atoms with E-state index in [1.54, 1.807) is 0 Å². The smallest absolute Gasteiger partial charge is 0.306 e. The zero-order valence-corrected chi connectivity index (χ0v) is 10.6. The van der Waals surface area contributed by atoms with Gasteiger partial charge in [-0.15, -0.1) is 0 Å². The average Bonchev–Trinajstić information content (AvgIpc) is 2.48. The maximum Gasteiger partial charge on any atom is 0.306 e. The van der Waals surface area contributed by atoms with Crippen LogP contribution in [0.1, 0.15) is 52.4 Å². The van der Waals surface area contributed by atoms with Crippen LogP contribution in [0.2, 0.25) is 0 Å². The Morgan fingerprint density at radius 3 is 2.56 bits per heavy atom. The van der Waals surface area contributed by atoms with Crippen LogP contribution in [-0.4, -0.2) is 12.6 Å². The van der Waals surface area contributed by atoms with Crippen LogP contribution in [0.4, 0.5) is 0 Å². The first kappa shape index (κ1) is 11.9. The Kier molecular flexibility index (Phi) is 3.88. The molecule has 0 radical (unpaired) electrons. The molecule has 2 atom stereocenters. The van der Waals surface area contributed by atoms with Gasteiger partial charge in [-0.2, -0.15) is 0 Å². The first-order valence-corrected chi connectivity index (χ1v) is 6.86. The Bertz CT molecular complexity index is 241. The summed E-state index contributed by atoms with van der Waals surface area (Å²) in [6.07, 6.45) is 7.48. The van der Waals surface area contributed by atoms with Crippen molar-refractivity contribution in [3.8, 4) is 0 Å². The van der Waals surface area contributed by atoms with Gasteiger partial charge in [0.05, 0.1) is 6.61 Å². The van der Waals surface area contributed by atoms with E-state index in [-0.39, 0.29) is 5.97 Å². The third kappa shape index (κ3) is 2.58. The van der Waals surface area contributed by atoms with E-state index in [0.29, 0.717) is 24.9 Å². The van der Waals surface area contributed by atoms with E-state index in [1.165, 1.54) is 32.1 Å². The lowest BCUT2D eigenvalue weighted by Gasteiger charge is -2.28. The molecule has 0 amide bonds. The van der Waals surface area contributed by atoms with Gasteiger partial charge in [-0.3, -0.25) is 4.79 Å². The molecule has 0 spiro atoms. The Labute approximate surface area is 98.7 Å². The van der Waals surface area contributed by atoms with Crippen molar-refractivity contribution in [2.24, 2.45) is 23.7 Å². The number of fused-ring (bicyclic) bond motifs is 4. The molecule has 3 aliphatic carbocycles. The lowest BCUT2D eigenvalue weighted by molar-refractivity contribution is -0.145. The van der Waals surface area contributed by atoms with E-state index < -0.39 is 0 Å². The molecular weight excluding hydrogens is 200 g/mol. The molecular formula is C14H24O2. The van der Waals surface area contributed by atoms with Gasteiger partial charge in [0.15, 0.2) is 0 Å². The summed E-state index contributed by atoms with van der Waals surface area (Å²) in [6.45, 7) is 4.74. The van der Waals surface area contributed by atoms with Gasteiger partial charge < -0.3 is 4.74 Å². The highest BCUT2D eigenvalue weighted by Gasteiger charge is 2.37. The molecule has 16 heavy (non-hydrogen) atoms. The summed E-state index contributed by atoms with van der Waals surface area (Å²) in [4.78, 5) is 11.6. The van der Waals surface area contributed by atoms with Gasteiger partial charge in [-0.05, 0) is 49.9 Å². The molecule has 3 rings (SSSR count). The standard InChI is InChI=1S/C14H24O2/c1-3-16-14(15)9-13-10(2)8-11-4-6-12(13)7-5-11/h10-13H,3-9H2,1-2H3/t10-,11?,12?,13?/m0/s1. The molecule has 3 aliphatic rings. The first-order chi connectivity index (χ1) is 7.70. The quantitative estimate of drug-likeness (QED) is 0.687. The summed E-state index contributed by atoms with van der Waals surface area (Å²) >= 11 is 0. The topological polar surface area (TPSA) is 26.3 Å². The van der Waals surface area contributed by atoms with E-state index >= 15 is 0 Å². The van der Waals surface area contributed by atoms with Crippen LogP contribution in [0.3, 0.4) is 0 Å². The van der Waals surface area contributed by atoms with Gasteiger partial charge in [0.1, 0.15) is 0 Å². The predicted octanol–water partition coefficient (Wildman–Crippen LogP) is 3.40. The predicted molar refractivity (Wildman–Crippen MR) is 64.0 cm³/mol. The summed E-state index contributed by atoms with van der Waals surface area (Å²) < 4.78 is 5.10. The van der Waals surface area contributed by atoms with Crippen LogP contribution in [0, 0.1) is 23.7 Å². The number of hydrogen-bond acceptors (Lipinski definition) is 2. The van der Waals surface area contributed by atoms with Gasteiger partial charge in [-0.1, -0.05) is 19.8 Å². The van der Waals surface area contributed by atoms with Gasteiger partial charge in [0.2, 0.25) is 0 Å². The maximum atomic E-state index is 11.6. The number of carbonyl (C=O) groups excluding carboxylic acids is 1. The minimum absolute atomic E-state index is 0.0182. The van der Waals surface area contributed by atoms with Crippen molar-refractivity contribution in [1.29, 1.82) is 0 Å². The molecule has 2 heteroatoms. The molecule has 92 valence electrons. The van der Waals surface area contributed by atoms with Crippen molar-refractivity contribution in [2.75, 3.05) is 6.61 Å². The van der Waals surface area contributed by atoms with Gasteiger partial charge in [-0.25, -0.2) is 0 Å². The van der Waals surface area contributed by atoms with Crippen LogP contribution in [0.25, 0.3) is 0 Å². The van der Waals surface area contributed by atoms with Crippen molar-refractivity contribution in [1.82, 2.24) is 0 Å². The molecule has 3 saturated carbocycles. The van der Waals surface area contributed by atoms with Crippen molar-refractivity contribution in [3.63, 3.8) is 0 Å². The van der Waals surface area contributed by atoms with E-state index in [9.17, 15) is 4.79 Å². The summed E-state index contributed by atoms with van der Waals surface area (Å²) in [7, 11) is 0. The number of rotatable bonds is 3. The Balaban J connectivity index is 1.98. The zero-order chi connectivity index (χ0) is 11.5. The minimum Gasteiger partial charge on any atom is -0.466 e. The second-order valence-corrected chi connectivity index (χ2v) is 5.67. The third-order valence-corrected chi connectivity index (χ3v) is 4.64. The van der Waals surface area contributed by atoms with Crippen molar-refractivity contribution >= 4 is 5.97 Å². The fourth-order valence-electron chi connectivity index (χ4n) is 3.80. The molecule has 2 bridgehead atoms. The number of hydrogen-bond donors (Lipinski definition) is 0. The molecule has 0 heterocycles. The molecule has 0 aliphatic heterocycles. The highest BCUT2D eigenvalue weighted by Crippen LogP contribution is 2.46. The summed E-state index contributed by atoms with van der Waals surface area (Å²) in [5.74, 6) is 3.05. The zero-order valence-electron chi connectivity index (χ0n) is 10.6. The monoisotopic (exact) mass is 224 g/mol. The molecule has 0 N–H and O–H groups in total. The van der Waals surface area contributed by atoms with E-state index in [4.69, 9.17) is 4.74 Å². The Hall–Kier alpha value is -0.530. The number of ether oxygens (including phenoxy) is 1. The second kappa shape index (κ2) is 5.20. The molecule has 0 aromatic carbocycles. The minimum atomic E-state index is 0.0182. The van der Waals surface area contributed by atoms with Crippen LogP contribution in [0.15, 0.2) is 0 Å². The number of esters is 1. The molecule has 3 fully saturated rings. The molecule has 0 aromatic rings. The van der Waals surface area contributed by atoms with E-state index in [0.717, 1.165) is 11.8 Å². The fourth-order valence-corrected chi connectivity index (χ4v) is 3.80. The van der Waals surface area contributed by atoms with Crippen LogP contribution in [-0.2, 0) is 9.53 Å². The molecule has 1 unspecified atom stereocenters. The Morgan fingerprint density at radius 2 is 1.94 bits per heavy atom. The van der Waals surface area contributed by atoms with E-state index in [1.807, 2.05) is 6.92 Å². The van der Waals surface area contributed by atoms with Crippen LogP contribution < -0.4 is 0 Å². The van der Waals surface area contributed by atoms with E-state index in [2.05, 4.69) is 6.92 Å². The van der Waals surface area contributed by atoms with Crippen LogP contribution in [0.5, 0.6) is 0 Å². The fraction of sp³-hybridized carbons (Fsp3) is 0.929. The maximum absolute atomic E-state index is 11.6. The SMILES string of the molecule is CCOC(=O)CC1C2CCC(CC2)C[C@@H]1C. The summed E-state index contributed by atoms with van der Waals surface area (Å²) in [6, 6.07) is 0. The highest BCUT2D eigenvalue weighted by molar-refractivity contribution is 5.69. The van der Waals surface area contributed by atoms with Gasteiger partial charge in [0, 0.05) is 6.42 Å². The lowest BCUT2D eigenvalue weighted by atomic mass is 9.77. The summed E-state index contributed by atoms with van der Waals surface area (Å²) in [5.41, 5.74) is 0. The summed E-state index contributed by atoms with van der Waals surface area (Å²) in [5, 5.41) is 0. The number of carbonyl (C=O) groups is 1.